The Bertz CT molecular complexity index is 385. The van der Waals surface area contributed by atoms with Crippen molar-refractivity contribution in [3.05, 3.63) is 35.4 Å². The van der Waals surface area contributed by atoms with E-state index >= 15 is 0 Å². The average Bonchev–Trinajstić information content (AvgIpc) is 2.88. The van der Waals surface area contributed by atoms with Crippen molar-refractivity contribution in [2.75, 3.05) is 20.3 Å². The molecule has 0 spiro atoms. The normalized spacial score (nSPS) is 21.6. The van der Waals surface area contributed by atoms with E-state index in [4.69, 9.17) is 4.74 Å². The molecule has 0 amide bonds. The van der Waals surface area contributed by atoms with Crippen LogP contribution in [0.1, 0.15) is 50.8 Å². The van der Waals surface area contributed by atoms with E-state index in [2.05, 4.69) is 57.4 Å². The molecule has 1 saturated heterocycles. The first kappa shape index (κ1) is 14.5. The zero-order chi connectivity index (χ0) is 13.9. The van der Waals surface area contributed by atoms with Crippen LogP contribution in [0.5, 0.6) is 0 Å². The van der Waals surface area contributed by atoms with E-state index in [1.165, 1.54) is 24.0 Å². The van der Waals surface area contributed by atoms with Crippen LogP contribution >= 0.6 is 0 Å². The zero-order valence-corrected chi connectivity index (χ0v) is 12.7. The molecule has 2 rings (SSSR count). The van der Waals surface area contributed by atoms with E-state index in [-0.39, 0.29) is 5.41 Å². The molecule has 0 bridgehead atoms. The van der Waals surface area contributed by atoms with Crippen molar-refractivity contribution in [1.29, 1.82) is 0 Å². The van der Waals surface area contributed by atoms with E-state index in [1.54, 1.807) is 0 Å². The number of hydrogen-bond acceptors (Lipinski definition) is 2. The number of ether oxygens (including phenoxy) is 1. The Morgan fingerprint density at radius 2 is 1.95 bits per heavy atom. The van der Waals surface area contributed by atoms with E-state index in [0.717, 1.165) is 13.2 Å². The summed E-state index contributed by atoms with van der Waals surface area (Å²) in [7, 11) is 2.05. The lowest BCUT2D eigenvalue weighted by Gasteiger charge is -2.23. The van der Waals surface area contributed by atoms with Crippen LogP contribution in [-0.2, 0) is 10.2 Å². The van der Waals surface area contributed by atoms with Crippen LogP contribution in [-0.4, -0.2) is 20.3 Å². The van der Waals surface area contributed by atoms with Gasteiger partial charge in [0.05, 0.1) is 0 Å². The standard InChI is InChI=1S/C17H27NO/c1-17(2,3)15-7-5-14(6-8-15)16(18-4)11-13-9-10-19-12-13/h5-8,13,16,18H,9-12H2,1-4H3. The first-order valence-electron chi connectivity index (χ1n) is 7.36. The molecule has 0 aliphatic carbocycles. The minimum atomic E-state index is 0.229. The molecule has 2 unspecified atom stereocenters. The average molecular weight is 261 g/mol. The van der Waals surface area contributed by atoms with Crippen molar-refractivity contribution in [3.8, 4) is 0 Å². The highest BCUT2D eigenvalue weighted by molar-refractivity contribution is 5.29. The lowest BCUT2D eigenvalue weighted by atomic mass is 9.85. The third kappa shape index (κ3) is 3.80. The Labute approximate surface area is 117 Å². The first-order chi connectivity index (χ1) is 9.00. The van der Waals surface area contributed by atoms with Crippen LogP contribution in [0, 0.1) is 5.92 Å². The van der Waals surface area contributed by atoms with Crippen molar-refractivity contribution in [3.63, 3.8) is 0 Å². The van der Waals surface area contributed by atoms with Crippen molar-refractivity contribution < 1.29 is 4.74 Å². The van der Waals surface area contributed by atoms with E-state index < -0.39 is 0 Å². The molecule has 0 radical (unpaired) electrons. The molecule has 1 aliphatic heterocycles. The molecule has 2 nitrogen and oxygen atoms in total. The molecule has 0 saturated carbocycles. The highest BCUT2D eigenvalue weighted by atomic mass is 16.5. The number of nitrogens with one attached hydrogen (secondary N) is 1. The van der Waals surface area contributed by atoms with E-state index in [9.17, 15) is 0 Å². The molecule has 1 aromatic rings. The Morgan fingerprint density at radius 1 is 1.26 bits per heavy atom. The maximum atomic E-state index is 5.47. The maximum absolute atomic E-state index is 5.47. The predicted octanol–water partition coefficient (Wildman–Crippen LogP) is 3.67. The van der Waals surface area contributed by atoms with Gasteiger partial charge in [0.1, 0.15) is 0 Å². The van der Waals surface area contributed by atoms with Crippen molar-refractivity contribution >= 4 is 0 Å². The first-order valence-corrected chi connectivity index (χ1v) is 7.36. The third-order valence-corrected chi connectivity index (χ3v) is 4.12. The van der Waals surface area contributed by atoms with Crippen molar-refractivity contribution in [2.45, 2.75) is 45.1 Å². The second-order valence-electron chi connectivity index (χ2n) is 6.68. The fourth-order valence-electron chi connectivity index (χ4n) is 2.74. The molecule has 2 atom stereocenters. The summed E-state index contributed by atoms with van der Waals surface area (Å²) in [6.45, 7) is 8.64. The number of rotatable bonds is 4. The largest absolute Gasteiger partial charge is 0.381 e. The molecular formula is C17H27NO. The minimum absolute atomic E-state index is 0.229. The van der Waals surface area contributed by atoms with Gasteiger partial charge < -0.3 is 10.1 Å². The van der Waals surface area contributed by atoms with E-state index in [1.807, 2.05) is 0 Å². The Balaban J connectivity index is 2.05. The summed E-state index contributed by atoms with van der Waals surface area (Å²) in [5.74, 6) is 0.708. The van der Waals surface area contributed by atoms with Gasteiger partial charge in [0.2, 0.25) is 0 Å². The lowest BCUT2D eigenvalue weighted by molar-refractivity contribution is 0.181. The van der Waals surface area contributed by atoms with Gasteiger partial charge in [-0.25, -0.2) is 0 Å². The van der Waals surface area contributed by atoms with Crippen LogP contribution in [0.3, 0.4) is 0 Å². The topological polar surface area (TPSA) is 21.3 Å². The molecule has 1 N–H and O–H groups in total. The summed E-state index contributed by atoms with van der Waals surface area (Å²) in [5.41, 5.74) is 3.02. The van der Waals surface area contributed by atoms with Gasteiger partial charge in [-0.05, 0) is 42.3 Å². The van der Waals surface area contributed by atoms with Gasteiger partial charge in [0, 0.05) is 19.3 Å². The minimum Gasteiger partial charge on any atom is -0.381 e. The van der Waals surface area contributed by atoms with Crippen LogP contribution < -0.4 is 5.32 Å². The molecule has 19 heavy (non-hydrogen) atoms. The highest BCUT2D eigenvalue weighted by Crippen LogP contribution is 2.28. The maximum Gasteiger partial charge on any atom is 0.0495 e. The summed E-state index contributed by atoms with van der Waals surface area (Å²) < 4.78 is 5.47. The molecule has 1 aromatic carbocycles. The Hall–Kier alpha value is -0.860. The van der Waals surface area contributed by atoms with Crippen molar-refractivity contribution in [1.82, 2.24) is 5.32 Å². The van der Waals surface area contributed by atoms with Gasteiger partial charge in [-0.2, -0.15) is 0 Å². The highest BCUT2D eigenvalue weighted by Gasteiger charge is 2.21. The second kappa shape index (κ2) is 6.06. The Kier molecular flexibility index (Phi) is 4.64. The van der Waals surface area contributed by atoms with Gasteiger partial charge in [0.25, 0.3) is 0 Å². The molecule has 1 fully saturated rings. The zero-order valence-electron chi connectivity index (χ0n) is 12.7. The van der Waals surface area contributed by atoms with Gasteiger partial charge >= 0.3 is 0 Å². The number of benzene rings is 1. The molecular weight excluding hydrogens is 234 g/mol. The Morgan fingerprint density at radius 3 is 2.42 bits per heavy atom. The molecule has 106 valence electrons. The summed E-state index contributed by atoms with van der Waals surface area (Å²) in [5, 5.41) is 3.45. The van der Waals surface area contributed by atoms with Gasteiger partial charge in [-0.1, -0.05) is 45.0 Å². The molecule has 1 heterocycles. The van der Waals surface area contributed by atoms with Crippen molar-refractivity contribution in [2.24, 2.45) is 5.92 Å². The van der Waals surface area contributed by atoms with Gasteiger partial charge in [0.15, 0.2) is 0 Å². The summed E-state index contributed by atoms with van der Waals surface area (Å²) in [6.07, 6.45) is 2.38. The molecule has 0 aromatic heterocycles. The second-order valence-corrected chi connectivity index (χ2v) is 6.68. The quantitative estimate of drug-likeness (QED) is 0.893. The SMILES string of the molecule is CNC(CC1CCOC1)c1ccc(C(C)(C)C)cc1. The lowest BCUT2D eigenvalue weighted by Crippen LogP contribution is -2.20. The van der Waals surface area contributed by atoms with E-state index in [0.29, 0.717) is 12.0 Å². The van der Waals surface area contributed by atoms with Gasteiger partial charge in [-0.3, -0.25) is 0 Å². The summed E-state index contributed by atoms with van der Waals surface area (Å²) in [6, 6.07) is 9.53. The monoisotopic (exact) mass is 261 g/mol. The van der Waals surface area contributed by atoms with Crippen LogP contribution in [0.4, 0.5) is 0 Å². The fraction of sp³-hybridized carbons (Fsp3) is 0.647. The van der Waals surface area contributed by atoms with Gasteiger partial charge in [-0.15, -0.1) is 0 Å². The number of hydrogen-bond donors (Lipinski definition) is 1. The summed E-state index contributed by atoms with van der Waals surface area (Å²) in [4.78, 5) is 0. The molecule has 1 aliphatic rings. The van der Waals surface area contributed by atoms with Crippen LogP contribution in [0.2, 0.25) is 0 Å². The molecule has 2 heteroatoms. The third-order valence-electron chi connectivity index (χ3n) is 4.12. The summed E-state index contributed by atoms with van der Waals surface area (Å²) >= 11 is 0. The van der Waals surface area contributed by atoms with Crippen LogP contribution in [0.15, 0.2) is 24.3 Å². The predicted molar refractivity (Wildman–Crippen MR) is 80.5 cm³/mol. The fourth-order valence-corrected chi connectivity index (χ4v) is 2.74. The van der Waals surface area contributed by atoms with Crippen LogP contribution in [0.25, 0.3) is 0 Å². The smallest absolute Gasteiger partial charge is 0.0495 e.